The van der Waals surface area contributed by atoms with Crippen LogP contribution >= 0.6 is 11.6 Å². The summed E-state index contributed by atoms with van der Waals surface area (Å²) in [4.78, 5) is 0. The van der Waals surface area contributed by atoms with Crippen LogP contribution in [0.15, 0.2) is 24.3 Å². The van der Waals surface area contributed by atoms with Crippen molar-refractivity contribution in [3.8, 4) is 5.75 Å². The van der Waals surface area contributed by atoms with Crippen molar-refractivity contribution in [3.05, 3.63) is 46.2 Å². The molecule has 1 atom stereocenters. The molecule has 5 heteroatoms. The normalized spacial score (nSPS) is 12.4. The highest BCUT2D eigenvalue weighted by atomic mass is 35.5. The van der Waals surface area contributed by atoms with Crippen molar-refractivity contribution in [1.82, 2.24) is 9.78 Å². The van der Waals surface area contributed by atoms with Crippen molar-refractivity contribution in [2.24, 2.45) is 7.05 Å². The Labute approximate surface area is 130 Å². The highest BCUT2D eigenvalue weighted by molar-refractivity contribution is 6.31. The SMILES string of the molecule is CCc1nn(C)c(CC(O)Cc2ccccc2OC)c1Cl. The van der Waals surface area contributed by atoms with Crippen molar-refractivity contribution in [2.45, 2.75) is 32.3 Å². The summed E-state index contributed by atoms with van der Waals surface area (Å²) in [5, 5.41) is 15.4. The molecule has 1 unspecified atom stereocenters. The molecule has 0 saturated carbocycles. The van der Waals surface area contributed by atoms with Gasteiger partial charge < -0.3 is 9.84 Å². The number of para-hydroxylation sites is 1. The molecule has 4 nitrogen and oxygen atoms in total. The first-order valence-corrected chi connectivity index (χ1v) is 7.44. The molecule has 0 saturated heterocycles. The molecule has 0 aliphatic rings. The number of ether oxygens (including phenoxy) is 1. The predicted molar refractivity (Wildman–Crippen MR) is 84.0 cm³/mol. The van der Waals surface area contributed by atoms with Gasteiger partial charge in [0, 0.05) is 19.9 Å². The summed E-state index contributed by atoms with van der Waals surface area (Å²) in [5.41, 5.74) is 2.73. The first kappa shape index (κ1) is 15.9. The molecule has 1 aromatic carbocycles. The topological polar surface area (TPSA) is 47.3 Å². The van der Waals surface area contributed by atoms with Crippen LogP contribution in [0.25, 0.3) is 0 Å². The maximum absolute atomic E-state index is 10.4. The fraction of sp³-hybridized carbons (Fsp3) is 0.438. The van der Waals surface area contributed by atoms with Gasteiger partial charge in [0.2, 0.25) is 0 Å². The lowest BCUT2D eigenvalue weighted by molar-refractivity contribution is 0.171. The van der Waals surface area contributed by atoms with Crippen LogP contribution in [0.4, 0.5) is 0 Å². The van der Waals surface area contributed by atoms with Gasteiger partial charge in [0.1, 0.15) is 5.75 Å². The van der Waals surface area contributed by atoms with E-state index in [1.54, 1.807) is 11.8 Å². The molecule has 0 aliphatic heterocycles. The van der Waals surface area contributed by atoms with Gasteiger partial charge in [-0.15, -0.1) is 0 Å². The van der Waals surface area contributed by atoms with Crippen LogP contribution in [-0.4, -0.2) is 28.1 Å². The van der Waals surface area contributed by atoms with Gasteiger partial charge >= 0.3 is 0 Å². The Morgan fingerprint density at radius 2 is 2.05 bits per heavy atom. The zero-order chi connectivity index (χ0) is 15.4. The molecule has 0 aliphatic carbocycles. The number of aryl methyl sites for hydroxylation is 2. The van der Waals surface area contributed by atoms with Crippen LogP contribution in [0, 0.1) is 0 Å². The zero-order valence-electron chi connectivity index (χ0n) is 12.6. The minimum absolute atomic E-state index is 0.473. The van der Waals surface area contributed by atoms with E-state index in [4.69, 9.17) is 16.3 Å². The van der Waals surface area contributed by atoms with E-state index in [1.165, 1.54) is 0 Å². The first-order chi connectivity index (χ1) is 10.1. The van der Waals surface area contributed by atoms with Crippen LogP contribution in [0.2, 0.25) is 5.02 Å². The number of nitrogens with zero attached hydrogens (tertiary/aromatic N) is 2. The lowest BCUT2D eigenvalue weighted by Gasteiger charge is -2.13. The Morgan fingerprint density at radius 1 is 1.33 bits per heavy atom. The maximum atomic E-state index is 10.4. The molecule has 0 radical (unpaired) electrons. The van der Waals surface area contributed by atoms with E-state index >= 15 is 0 Å². The zero-order valence-corrected chi connectivity index (χ0v) is 13.4. The number of hydrogen-bond acceptors (Lipinski definition) is 3. The molecule has 0 bridgehead atoms. The van der Waals surface area contributed by atoms with E-state index in [0.29, 0.717) is 17.9 Å². The van der Waals surface area contributed by atoms with Crippen LogP contribution in [0.1, 0.15) is 23.9 Å². The van der Waals surface area contributed by atoms with Gasteiger partial charge in [0.25, 0.3) is 0 Å². The van der Waals surface area contributed by atoms with E-state index in [-0.39, 0.29) is 0 Å². The largest absolute Gasteiger partial charge is 0.496 e. The molecule has 2 aromatic rings. The van der Waals surface area contributed by atoms with Crippen LogP contribution in [0.3, 0.4) is 0 Å². The molecule has 114 valence electrons. The smallest absolute Gasteiger partial charge is 0.122 e. The van der Waals surface area contributed by atoms with Crippen molar-refractivity contribution < 1.29 is 9.84 Å². The molecule has 1 aromatic heterocycles. The summed E-state index contributed by atoms with van der Waals surface area (Å²) in [7, 11) is 3.49. The van der Waals surface area contributed by atoms with Crippen LogP contribution < -0.4 is 4.74 Å². The van der Waals surface area contributed by atoms with E-state index in [1.807, 2.05) is 38.2 Å². The third-order valence-electron chi connectivity index (χ3n) is 3.58. The molecular formula is C16H21ClN2O2. The number of hydrogen-bond donors (Lipinski definition) is 1. The van der Waals surface area contributed by atoms with E-state index < -0.39 is 6.10 Å². The Balaban J connectivity index is 2.12. The molecule has 2 rings (SSSR count). The molecule has 0 fully saturated rings. The fourth-order valence-corrected chi connectivity index (χ4v) is 2.83. The Bertz CT molecular complexity index is 610. The summed E-state index contributed by atoms with van der Waals surface area (Å²) in [6, 6.07) is 7.72. The lowest BCUT2D eigenvalue weighted by Crippen LogP contribution is -2.17. The minimum atomic E-state index is -0.529. The third kappa shape index (κ3) is 3.57. The number of rotatable bonds is 6. The monoisotopic (exact) mass is 308 g/mol. The number of aromatic nitrogens is 2. The van der Waals surface area contributed by atoms with Crippen molar-refractivity contribution in [3.63, 3.8) is 0 Å². The molecule has 1 N–H and O–H groups in total. The van der Waals surface area contributed by atoms with Gasteiger partial charge in [-0.1, -0.05) is 36.7 Å². The average molecular weight is 309 g/mol. The molecule has 1 heterocycles. The summed E-state index contributed by atoms with van der Waals surface area (Å²) < 4.78 is 7.07. The first-order valence-electron chi connectivity index (χ1n) is 7.07. The highest BCUT2D eigenvalue weighted by Gasteiger charge is 2.17. The molecule has 0 amide bonds. The second-order valence-electron chi connectivity index (χ2n) is 5.06. The van der Waals surface area contributed by atoms with Gasteiger partial charge in [-0.05, 0) is 18.1 Å². The summed E-state index contributed by atoms with van der Waals surface area (Å²) >= 11 is 6.32. The van der Waals surface area contributed by atoms with E-state index in [9.17, 15) is 5.11 Å². The van der Waals surface area contributed by atoms with Gasteiger partial charge in [0.05, 0.1) is 29.6 Å². The van der Waals surface area contributed by atoms with E-state index in [0.717, 1.165) is 29.1 Å². The van der Waals surface area contributed by atoms with Crippen molar-refractivity contribution >= 4 is 11.6 Å². The Kier molecular flexibility index (Phi) is 5.26. The van der Waals surface area contributed by atoms with Gasteiger partial charge in [-0.2, -0.15) is 5.10 Å². The number of aliphatic hydroxyl groups is 1. The van der Waals surface area contributed by atoms with Crippen molar-refractivity contribution in [2.75, 3.05) is 7.11 Å². The van der Waals surface area contributed by atoms with E-state index in [2.05, 4.69) is 5.10 Å². The molecule has 21 heavy (non-hydrogen) atoms. The summed E-state index contributed by atoms with van der Waals surface area (Å²) in [6.07, 6.45) is 1.25. The quantitative estimate of drug-likeness (QED) is 0.892. The third-order valence-corrected chi connectivity index (χ3v) is 4.02. The number of methoxy groups -OCH3 is 1. The summed E-state index contributed by atoms with van der Waals surface area (Å²) in [5.74, 6) is 0.793. The van der Waals surface area contributed by atoms with Gasteiger partial charge in [-0.3, -0.25) is 4.68 Å². The highest BCUT2D eigenvalue weighted by Crippen LogP contribution is 2.24. The fourth-order valence-electron chi connectivity index (χ4n) is 2.46. The summed E-state index contributed by atoms with van der Waals surface area (Å²) in [6.45, 7) is 2.02. The predicted octanol–water partition coefficient (Wildman–Crippen LogP) is 2.79. The van der Waals surface area contributed by atoms with Gasteiger partial charge in [-0.25, -0.2) is 0 Å². The second kappa shape index (κ2) is 6.96. The van der Waals surface area contributed by atoms with Crippen LogP contribution in [0.5, 0.6) is 5.75 Å². The lowest BCUT2D eigenvalue weighted by atomic mass is 10.0. The molecular weight excluding hydrogens is 288 g/mol. The second-order valence-corrected chi connectivity index (χ2v) is 5.44. The van der Waals surface area contributed by atoms with Crippen molar-refractivity contribution in [1.29, 1.82) is 0 Å². The van der Waals surface area contributed by atoms with Crippen LogP contribution in [-0.2, 0) is 26.3 Å². The Morgan fingerprint density at radius 3 is 2.67 bits per heavy atom. The number of benzene rings is 1. The average Bonchev–Trinajstić information content (AvgIpc) is 2.75. The maximum Gasteiger partial charge on any atom is 0.122 e. The Hall–Kier alpha value is -1.52. The van der Waals surface area contributed by atoms with Gasteiger partial charge in [0.15, 0.2) is 0 Å². The number of halogens is 1. The standard InChI is InChI=1S/C16H21ClN2O2/c1-4-13-16(17)14(19(2)18-13)10-12(20)9-11-7-5-6-8-15(11)21-3/h5-8,12,20H,4,9-10H2,1-3H3. The molecule has 0 spiro atoms. The number of aliphatic hydroxyl groups excluding tert-OH is 1. The minimum Gasteiger partial charge on any atom is -0.496 e.